The lowest BCUT2D eigenvalue weighted by molar-refractivity contribution is -0.118. The van der Waals surface area contributed by atoms with Gasteiger partial charge in [0.25, 0.3) is 5.91 Å². The van der Waals surface area contributed by atoms with Gasteiger partial charge in [-0.1, -0.05) is 23.7 Å². The van der Waals surface area contributed by atoms with Gasteiger partial charge in [0.2, 0.25) is 0 Å². The number of carbonyl (C=O) groups excluding carboxylic acids is 1. The van der Waals surface area contributed by atoms with E-state index in [4.69, 9.17) is 21.1 Å². The molecule has 0 unspecified atom stereocenters. The largest absolute Gasteiger partial charge is 0.495 e. The quantitative estimate of drug-likeness (QED) is 0.719. The normalized spacial score (nSPS) is 10.2. The van der Waals surface area contributed by atoms with Crippen LogP contribution in [0, 0.1) is 10.5 Å². The summed E-state index contributed by atoms with van der Waals surface area (Å²) in [4.78, 5) is 12.0. The molecule has 0 atom stereocenters. The van der Waals surface area contributed by atoms with Gasteiger partial charge in [-0.05, 0) is 53.3 Å². The van der Waals surface area contributed by atoms with Crippen LogP contribution in [0.3, 0.4) is 0 Å². The number of aryl methyl sites for hydroxylation is 1. The molecular weight excluding hydrogens is 417 g/mol. The first-order chi connectivity index (χ1) is 10.5. The first-order valence-corrected chi connectivity index (χ1v) is 7.98. The minimum absolute atomic E-state index is 0.0785. The molecule has 0 aliphatic carbocycles. The summed E-state index contributed by atoms with van der Waals surface area (Å²) in [7, 11) is 1.53. The second-order valence-electron chi connectivity index (χ2n) is 4.57. The Labute approximate surface area is 147 Å². The fourth-order valence-electron chi connectivity index (χ4n) is 1.82. The molecule has 0 bridgehead atoms. The number of ether oxygens (including phenoxy) is 2. The van der Waals surface area contributed by atoms with Crippen LogP contribution in [0.15, 0.2) is 36.4 Å². The molecule has 0 aromatic heterocycles. The lowest BCUT2D eigenvalue weighted by Gasteiger charge is -2.13. The number of para-hydroxylation sites is 1. The molecule has 0 saturated heterocycles. The van der Waals surface area contributed by atoms with Crippen molar-refractivity contribution in [1.29, 1.82) is 0 Å². The Morgan fingerprint density at radius 3 is 2.68 bits per heavy atom. The van der Waals surface area contributed by atoms with Crippen LogP contribution in [0.4, 0.5) is 5.69 Å². The van der Waals surface area contributed by atoms with E-state index in [0.29, 0.717) is 22.2 Å². The van der Waals surface area contributed by atoms with E-state index in [-0.39, 0.29) is 12.5 Å². The van der Waals surface area contributed by atoms with Gasteiger partial charge in [0.1, 0.15) is 11.5 Å². The molecule has 0 fully saturated rings. The van der Waals surface area contributed by atoms with Crippen LogP contribution in [0.2, 0.25) is 5.02 Å². The maximum absolute atomic E-state index is 12.0. The molecule has 0 radical (unpaired) electrons. The lowest BCUT2D eigenvalue weighted by atomic mass is 10.2. The molecule has 22 heavy (non-hydrogen) atoms. The predicted molar refractivity (Wildman–Crippen MR) is 96.0 cm³/mol. The van der Waals surface area contributed by atoms with Gasteiger partial charge < -0.3 is 14.8 Å². The number of benzene rings is 2. The second kappa shape index (κ2) is 7.69. The van der Waals surface area contributed by atoms with E-state index in [0.717, 1.165) is 9.13 Å². The highest BCUT2D eigenvalue weighted by atomic mass is 127. The molecule has 0 heterocycles. The first kappa shape index (κ1) is 16.9. The summed E-state index contributed by atoms with van der Waals surface area (Å²) in [5.74, 6) is 0.926. The molecule has 0 saturated carbocycles. The molecule has 116 valence electrons. The Balaban J connectivity index is 2.03. The monoisotopic (exact) mass is 431 g/mol. The maximum atomic E-state index is 12.0. The predicted octanol–water partition coefficient (Wildman–Crippen LogP) is 4.28. The molecule has 1 amide bonds. The number of amides is 1. The van der Waals surface area contributed by atoms with Gasteiger partial charge in [0.05, 0.1) is 16.4 Å². The van der Waals surface area contributed by atoms with Crippen molar-refractivity contribution in [2.24, 2.45) is 0 Å². The third-order valence-electron chi connectivity index (χ3n) is 2.95. The third-order valence-corrected chi connectivity index (χ3v) is 4.25. The van der Waals surface area contributed by atoms with Crippen molar-refractivity contribution in [3.05, 3.63) is 50.6 Å². The number of hydrogen-bond donors (Lipinski definition) is 1. The summed E-state index contributed by atoms with van der Waals surface area (Å²) in [6.07, 6.45) is 0. The van der Waals surface area contributed by atoms with Crippen LogP contribution in [0.1, 0.15) is 5.56 Å². The SMILES string of the molecule is COc1cc(Cl)c(C)cc1NC(=O)COc1ccccc1I. The summed E-state index contributed by atoms with van der Waals surface area (Å²) in [6, 6.07) is 11.0. The standard InChI is InChI=1S/C16H15ClINO3/c1-10-7-13(15(21-2)8-11(10)17)19-16(20)9-22-14-6-4-3-5-12(14)18/h3-8H,9H2,1-2H3,(H,19,20). The molecule has 0 aliphatic rings. The van der Waals surface area contributed by atoms with E-state index in [2.05, 4.69) is 27.9 Å². The molecule has 1 N–H and O–H groups in total. The van der Waals surface area contributed by atoms with Crippen molar-refractivity contribution in [3.63, 3.8) is 0 Å². The van der Waals surface area contributed by atoms with Crippen LogP contribution >= 0.6 is 34.2 Å². The summed E-state index contributed by atoms with van der Waals surface area (Å²) in [5.41, 5.74) is 1.43. The Bertz CT molecular complexity index is 691. The minimum atomic E-state index is -0.264. The molecule has 2 aromatic rings. The van der Waals surface area contributed by atoms with Gasteiger partial charge in [-0.25, -0.2) is 0 Å². The topological polar surface area (TPSA) is 47.6 Å². The number of carbonyl (C=O) groups is 1. The van der Waals surface area contributed by atoms with E-state index in [9.17, 15) is 4.79 Å². The van der Waals surface area contributed by atoms with Crippen molar-refractivity contribution < 1.29 is 14.3 Å². The maximum Gasteiger partial charge on any atom is 0.262 e. The lowest BCUT2D eigenvalue weighted by Crippen LogP contribution is -2.20. The van der Waals surface area contributed by atoms with Gasteiger partial charge in [-0.2, -0.15) is 0 Å². The molecule has 0 aliphatic heterocycles. The molecule has 6 heteroatoms. The molecule has 0 spiro atoms. The highest BCUT2D eigenvalue weighted by Gasteiger charge is 2.11. The Morgan fingerprint density at radius 1 is 1.27 bits per heavy atom. The molecule has 4 nitrogen and oxygen atoms in total. The van der Waals surface area contributed by atoms with Crippen molar-refractivity contribution >= 4 is 45.8 Å². The van der Waals surface area contributed by atoms with Crippen LogP contribution < -0.4 is 14.8 Å². The Kier molecular flexibility index (Phi) is 5.90. The summed E-state index contributed by atoms with van der Waals surface area (Å²) < 4.78 is 11.7. The van der Waals surface area contributed by atoms with Crippen molar-refractivity contribution in [2.75, 3.05) is 19.0 Å². The van der Waals surface area contributed by atoms with Gasteiger partial charge in [-0.15, -0.1) is 0 Å². The van der Waals surface area contributed by atoms with E-state index in [1.54, 1.807) is 12.1 Å². The van der Waals surface area contributed by atoms with Gasteiger partial charge in [0.15, 0.2) is 6.61 Å². The Morgan fingerprint density at radius 2 is 2.00 bits per heavy atom. The number of nitrogens with one attached hydrogen (secondary N) is 1. The highest BCUT2D eigenvalue weighted by molar-refractivity contribution is 14.1. The van der Waals surface area contributed by atoms with Crippen molar-refractivity contribution in [2.45, 2.75) is 6.92 Å². The highest BCUT2D eigenvalue weighted by Crippen LogP contribution is 2.30. The number of halogens is 2. The summed E-state index contributed by atoms with van der Waals surface area (Å²) in [5, 5.41) is 3.36. The van der Waals surface area contributed by atoms with Crippen molar-refractivity contribution in [1.82, 2.24) is 0 Å². The molecular formula is C16H15ClINO3. The van der Waals surface area contributed by atoms with E-state index in [1.807, 2.05) is 31.2 Å². The molecule has 2 aromatic carbocycles. The zero-order valence-electron chi connectivity index (χ0n) is 12.2. The minimum Gasteiger partial charge on any atom is -0.495 e. The summed E-state index contributed by atoms with van der Waals surface area (Å²) in [6.45, 7) is 1.78. The van der Waals surface area contributed by atoms with E-state index in [1.165, 1.54) is 7.11 Å². The van der Waals surface area contributed by atoms with Crippen molar-refractivity contribution in [3.8, 4) is 11.5 Å². The number of hydrogen-bond acceptors (Lipinski definition) is 3. The zero-order valence-corrected chi connectivity index (χ0v) is 15.1. The fraction of sp³-hybridized carbons (Fsp3) is 0.188. The number of rotatable bonds is 5. The van der Waals surface area contributed by atoms with Crippen LogP contribution in [-0.4, -0.2) is 19.6 Å². The van der Waals surface area contributed by atoms with Gasteiger partial charge in [0, 0.05) is 11.1 Å². The second-order valence-corrected chi connectivity index (χ2v) is 6.14. The van der Waals surface area contributed by atoms with Crippen LogP contribution in [0.25, 0.3) is 0 Å². The summed E-state index contributed by atoms with van der Waals surface area (Å²) >= 11 is 8.20. The third kappa shape index (κ3) is 4.27. The first-order valence-electron chi connectivity index (χ1n) is 6.52. The number of methoxy groups -OCH3 is 1. The molecule has 2 rings (SSSR count). The average Bonchev–Trinajstić information content (AvgIpc) is 2.50. The van der Waals surface area contributed by atoms with Crippen LogP contribution in [-0.2, 0) is 4.79 Å². The van der Waals surface area contributed by atoms with E-state index < -0.39 is 0 Å². The average molecular weight is 432 g/mol. The van der Waals surface area contributed by atoms with E-state index >= 15 is 0 Å². The smallest absolute Gasteiger partial charge is 0.262 e. The van der Waals surface area contributed by atoms with Crippen LogP contribution in [0.5, 0.6) is 11.5 Å². The zero-order chi connectivity index (χ0) is 16.1. The van der Waals surface area contributed by atoms with Gasteiger partial charge in [-0.3, -0.25) is 4.79 Å². The van der Waals surface area contributed by atoms with Gasteiger partial charge >= 0.3 is 0 Å². The Hall–Kier alpha value is -1.47. The fourth-order valence-corrected chi connectivity index (χ4v) is 2.52. The number of anilines is 1.